The van der Waals surface area contributed by atoms with E-state index in [9.17, 15) is 13.2 Å². The second kappa shape index (κ2) is 9.93. The third-order valence-electron chi connectivity index (χ3n) is 8.20. The van der Waals surface area contributed by atoms with Gasteiger partial charge in [-0.25, -0.2) is 12.7 Å². The fourth-order valence-electron chi connectivity index (χ4n) is 5.93. The molecule has 2 fully saturated rings. The molecule has 1 amide bonds. The number of carbonyl (C=O) groups excluding carboxylic acids is 1. The van der Waals surface area contributed by atoms with Crippen LogP contribution in [0, 0.1) is 0 Å². The number of likely N-dealkylation sites (tertiary alicyclic amines) is 1. The molecule has 0 bridgehead atoms. The van der Waals surface area contributed by atoms with Crippen LogP contribution in [0.1, 0.15) is 73.2 Å². The van der Waals surface area contributed by atoms with E-state index in [-0.39, 0.29) is 11.7 Å². The van der Waals surface area contributed by atoms with E-state index < -0.39 is 15.9 Å². The van der Waals surface area contributed by atoms with E-state index in [2.05, 4.69) is 41.2 Å². The molecule has 3 aromatic rings. The highest BCUT2D eigenvalue weighted by atomic mass is 32.2. The Morgan fingerprint density at radius 1 is 1.08 bits per heavy atom. The summed E-state index contributed by atoms with van der Waals surface area (Å²) in [7, 11) is -3.17. The highest BCUT2D eigenvalue weighted by Crippen LogP contribution is 2.38. The lowest BCUT2D eigenvalue weighted by Crippen LogP contribution is -2.38. The van der Waals surface area contributed by atoms with Gasteiger partial charge in [0, 0.05) is 48.2 Å². The lowest BCUT2D eigenvalue weighted by atomic mass is 9.88. The van der Waals surface area contributed by atoms with Crippen molar-refractivity contribution in [3.63, 3.8) is 0 Å². The van der Waals surface area contributed by atoms with Gasteiger partial charge >= 0.3 is 0 Å². The lowest BCUT2D eigenvalue weighted by molar-refractivity contribution is 0.100. The van der Waals surface area contributed by atoms with Gasteiger partial charge in [0.2, 0.25) is 10.0 Å². The van der Waals surface area contributed by atoms with Gasteiger partial charge in [0.05, 0.1) is 16.8 Å². The minimum atomic E-state index is -3.17. The van der Waals surface area contributed by atoms with Crippen LogP contribution in [0.15, 0.2) is 29.8 Å². The van der Waals surface area contributed by atoms with Crippen molar-refractivity contribution in [2.75, 3.05) is 18.8 Å². The number of nitrogens with zero attached hydrogens (tertiary/aromatic N) is 2. The molecule has 0 aliphatic carbocycles. The summed E-state index contributed by atoms with van der Waals surface area (Å²) in [5.41, 5.74) is 10.3. The van der Waals surface area contributed by atoms with Crippen molar-refractivity contribution in [1.29, 1.82) is 0 Å². The summed E-state index contributed by atoms with van der Waals surface area (Å²) in [4.78, 5) is 19.6. The summed E-state index contributed by atoms with van der Waals surface area (Å²) < 4.78 is 26.2. The van der Waals surface area contributed by atoms with Crippen LogP contribution in [-0.4, -0.2) is 59.4 Å². The first-order valence-corrected chi connectivity index (χ1v) is 15.4. The predicted octanol–water partition coefficient (Wildman–Crippen LogP) is 4.90. The second-order valence-electron chi connectivity index (χ2n) is 10.4. The first kappa shape index (κ1) is 25.4. The quantitative estimate of drug-likeness (QED) is 0.456. The normalized spacial score (nSPS) is 22.5. The number of amides is 1. The predicted molar refractivity (Wildman–Crippen MR) is 147 cm³/mol. The van der Waals surface area contributed by atoms with Crippen molar-refractivity contribution in [3.8, 4) is 11.1 Å². The minimum Gasteiger partial charge on any atom is -0.366 e. The molecule has 0 unspecified atom stereocenters. The maximum Gasteiger partial charge on any atom is 0.250 e. The Bertz CT molecular complexity index is 1360. The van der Waals surface area contributed by atoms with Crippen LogP contribution in [0.5, 0.6) is 0 Å². The Labute approximate surface area is 217 Å². The molecule has 2 atom stereocenters. The van der Waals surface area contributed by atoms with Crippen LogP contribution < -0.4 is 5.73 Å². The molecule has 36 heavy (non-hydrogen) atoms. The minimum absolute atomic E-state index is 0.133. The van der Waals surface area contributed by atoms with Crippen LogP contribution in [0.25, 0.3) is 22.0 Å². The van der Waals surface area contributed by atoms with E-state index in [1.165, 1.54) is 17.7 Å². The number of thiophene rings is 1. The zero-order valence-corrected chi connectivity index (χ0v) is 22.9. The Balaban J connectivity index is 1.45. The van der Waals surface area contributed by atoms with Crippen molar-refractivity contribution in [2.45, 2.75) is 71.0 Å². The van der Waals surface area contributed by atoms with Crippen LogP contribution in [0.4, 0.5) is 0 Å². The largest absolute Gasteiger partial charge is 0.366 e. The third kappa shape index (κ3) is 4.74. The molecule has 194 valence electrons. The molecular weight excluding hydrogens is 492 g/mol. The van der Waals surface area contributed by atoms with Gasteiger partial charge in [-0.1, -0.05) is 0 Å². The number of rotatable bonds is 7. The highest BCUT2D eigenvalue weighted by Gasteiger charge is 2.30. The van der Waals surface area contributed by atoms with Gasteiger partial charge in [0.1, 0.15) is 0 Å². The molecule has 7 nitrogen and oxygen atoms in total. The average molecular weight is 529 g/mol. The van der Waals surface area contributed by atoms with Gasteiger partial charge in [0.25, 0.3) is 5.91 Å². The van der Waals surface area contributed by atoms with Crippen LogP contribution >= 0.6 is 11.3 Å². The molecule has 1 aromatic carbocycles. The Kier molecular flexibility index (Phi) is 7.02. The van der Waals surface area contributed by atoms with E-state index in [4.69, 9.17) is 5.73 Å². The molecular formula is C27H36N4O3S2. The molecule has 0 saturated carbocycles. The number of sulfonamides is 1. The second-order valence-corrected chi connectivity index (χ2v) is 13.6. The standard InChI is InChI=1S/C27H36N4O3S2/c1-4-36(33,34)30-9-7-19(8-10-30)25-14-29-26-23(25)12-20(13-24(26)27(28)32)21-11-22(35-16-21)15-31-17(2)5-6-18(31)3/h11-14,16-19,29H,4-10,15H2,1-3H3,(H2,28,32)/t17-,18-/m1/s1. The zero-order valence-electron chi connectivity index (χ0n) is 21.3. The first-order valence-electron chi connectivity index (χ1n) is 12.9. The summed E-state index contributed by atoms with van der Waals surface area (Å²) in [5.74, 6) is -0.0858. The SMILES string of the molecule is CCS(=O)(=O)N1CCC(c2c[nH]c3c(C(N)=O)cc(-c4csc(CN5[C@H](C)CC[C@H]5C)c4)cc23)CC1. The van der Waals surface area contributed by atoms with E-state index in [1.807, 2.05) is 12.3 Å². The number of benzene rings is 1. The number of piperidine rings is 1. The molecule has 2 aliphatic heterocycles. The van der Waals surface area contributed by atoms with Crippen molar-refractivity contribution in [1.82, 2.24) is 14.2 Å². The summed E-state index contributed by atoms with van der Waals surface area (Å²) >= 11 is 1.77. The fraction of sp³-hybridized carbons (Fsp3) is 0.519. The van der Waals surface area contributed by atoms with Crippen LogP contribution in [0.2, 0.25) is 0 Å². The number of fused-ring (bicyclic) bond motifs is 1. The Morgan fingerprint density at radius 2 is 1.78 bits per heavy atom. The van der Waals surface area contributed by atoms with E-state index in [0.29, 0.717) is 30.7 Å². The van der Waals surface area contributed by atoms with Crippen molar-refractivity contribution in [2.24, 2.45) is 5.73 Å². The summed E-state index contributed by atoms with van der Waals surface area (Å²) in [6.07, 6.45) is 5.99. The average Bonchev–Trinajstić information content (AvgIpc) is 3.59. The van der Waals surface area contributed by atoms with E-state index >= 15 is 0 Å². The van der Waals surface area contributed by atoms with Crippen LogP contribution in [0.3, 0.4) is 0 Å². The fourth-order valence-corrected chi connectivity index (χ4v) is 7.97. The summed E-state index contributed by atoms with van der Waals surface area (Å²) in [6, 6.07) is 7.51. The van der Waals surface area contributed by atoms with Gasteiger partial charge in [-0.2, -0.15) is 0 Å². The number of hydrogen-bond donors (Lipinski definition) is 2. The molecule has 2 saturated heterocycles. The van der Waals surface area contributed by atoms with Gasteiger partial charge < -0.3 is 10.7 Å². The molecule has 3 N–H and O–H groups in total. The van der Waals surface area contributed by atoms with Gasteiger partial charge in [-0.05, 0) is 92.6 Å². The Hall–Kier alpha value is -2.20. The summed E-state index contributed by atoms with van der Waals surface area (Å²) in [5, 5.41) is 3.18. The summed E-state index contributed by atoms with van der Waals surface area (Å²) in [6.45, 7) is 8.30. The number of primary amides is 1. The molecule has 5 rings (SSSR count). The number of aromatic amines is 1. The maximum atomic E-state index is 12.4. The van der Waals surface area contributed by atoms with E-state index in [0.717, 1.165) is 47.0 Å². The van der Waals surface area contributed by atoms with Gasteiger partial charge in [-0.15, -0.1) is 11.3 Å². The van der Waals surface area contributed by atoms with Crippen molar-refractivity contribution < 1.29 is 13.2 Å². The molecule has 0 spiro atoms. The van der Waals surface area contributed by atoms with E-state index in [1.54, 1.807) is 22.6 Å². The van der Waals surface area contributed by atoms with Crippen molar-refractivity contribution >= 4 is 38.2 Å². The van der Waals surface area contributed by atoms with Crippen molar-refractivity contribution in [3.05, 3.63) is 45.8 Å². The van der Waals surface area contributed by atoms with Gasteiger partial charge in [-0.3, -0.25) is 9.69 Å². The first-order chi connectivity index (χ1) is 17.2. The number of nitrogens with one attached hydrogen (secondary N) is 1. The number of carbonyl (C=O) groups is 1. The van der Waals surface area contributed by atoms with Gasteiger partial charge in [0.15, 0.2) is 0 Å². The molecule has 0 radical (unpaired) electrons. The third-order valence-corrected chi connectivity index (χ3v) is 11.0. The number of H-pyrrole nitrogens is 1. The molecule has 4 heterocycles. The molecule has 2 aliphatic rings. The smallest absolute Gasteiger partial charge is 0.250 e. The number of nitrogens with two attached hydrogens (primary N) is 1. The maximum absolute atomic E-state index is 12.4. The molecule has 9 heteroatoms. The monoisotopic (exact) mass is 528 g/mol. The number of aromatic nitrogens is 1. The topological polar surface area (TPSA) is 99.5 Å². The lowest BCUT2D eigenvalue weighted by Gasteiger charge is -2.31. The molecule has 2 aromatic heterocycles. The van der Waals surface area contributed by atoms with Crippen LogP contribution in [-0.2, 0) is 16.6 Å². The number of hydrogen-bond acceptors (Lipinski definition) is 5. The highest BCUT2D eigenvalue weighted by molar-refractivity contribution is 7.89. The Morgan fingerprint density at radius 3 is 2.42 bits per heavy atom. The zero-order chi connectivity index (χ0) is 25.6.